The molecule has 2 atom stereocenters. The molecule has 4 nitrogen and oxygen atoms in total. The van der Waals surface area contributed by atoms with Crippen LogP contribution in [-0.4, -0.2) is 29.9 Å². The van der Waals surface area contributed by atoms with Crippen molar-refractivity contribution in [1.82, 2.24) is 5.32 Å². The molecule has 0 saturated heterocycles. The highest BCUT2D eigenvalue weighted by atomic mass is 32.2. The smallest absolute Gasteiger partial charge is 0.326 e. The van der Waals surface area contributed by atoms with Crippen LogP contribution in [0.1, 0.15) is 46.3 Å². The van der Waals surface area contributed by atoms with Gasteiger partial charge in [0.15, 0.2) is 0 Å². The lowest BCUT2D eigenvalue weighted by Crippen LogP contribution is -2.52. The Labute approximate surface area is 132 Å². The van der Waals surface area contributed by atoms with Gasteiger partial charge in [-0.2, -0.15) is 11.8 Å². The molecule has 0 spiro atoms. The summed E-state index contributed by atoms with van der Waals surface area (Å²) in [5, 5.41) is 3.67. The Bertz CT molecular complexity index is 408. The fraction of sp³-hybridized carbons (Fsp3) is 0.688. The quantitative estimate of drug-likeness (QED) is 0.669. The average Bonchev–Trinajstić information content (AvgIpc) is 2.96. The number of hydrogen-bond donors (Lipinski definition) is 1. The summed E-state index contributed by atoms with van der Waals surface area (Å²) in [7, 11) is 0. The highest BCUT2D eigenvalue weighted by Gasteiger charge is 2.35. The molecule has 1 aromatic heterocycles. The summed E-state index contributed by atoms with van der Waals surface area (Å²) in [4.78, 5) is 12.2. The highest BCUT2D eigenvalue weighted by molar-refractivity contribution is 7.99. The zero-order valence-electron chi connectivity index (χ0n) is 13.5. The third-order valence-corrected chi connectivity index (χ3v) is 4.46. The Kier molecular flexibility index (Phi) is 7.89. The number of hydrogen-bond acceptors (Lipinski definition) is 5. The van der Waals surface area contributed by atoms with Crippen molar-refractivity contribution in [3.63, 3.8) is 0 Å². The number of esters is 1. The largest absolute Gasteiger partial charge is 0.468 e. The molecule has 0 aliphatic rings. The Morgan fingerprint density at radius 2 is 2.29 bits per heavy atom. The number of carbonyl (C=O) groups excluding carboxylic acids is 1. The lowest BCUT2D eigenvalue weighted by molar-refractivity contribution is -0.150. The van der Waals surface area contributed by atoms with Gasteiger partial charge in [-0.25, -0.2) is 0 Å². The van der Waals surface area contributed by atoms with Gasteiger partial charge in [-0.1, -0.05) is 13.8 Å². The molecular weight excluding hydrogens is 286 g/mol. The van der Waals surface area contributed by atoms with E-state index in [-0.39, 0.29) is 5.97 Å². The van der Waals surface area contributed by atoms with Crippen molar-refractivity contribution in [2.75, 3.05) is 13.2 Å². The summed E-state index contributed by atoms with van der Waals surface area (Å²) in [6.07, 6.45) is 3.41. The Morgan fingerprint density at radius 1 is 1.52 bits per heavy atom. The van der Waals surface area contributed by atoms with Crippen LogP contribution < -0.4 is 5.32 Å². The number of nitrogens with one attached hydrogen (secondary N) is 1. The SMILES string of the molecule is CCCNC(C)(CC(C)SCc1ccco1)C(=O)OCC. The standard InChI is InChI=1S/C16H27NO3S/c1-5-9-17-16(4,15(18)19-6-2)11-13(3)21-12-14-8-7-10-20-14/h7-8,10,13,17H,5-6,9,11-12H2,1-4H3. The second-order valence-electron chi connectivity index (χ2n) is 5.38. The van der Waals surface area contributed by atoms with E-state index >= 15 is 0 Å². The van der Waals surface area contributed by atoms with Crippen molar-refractivity contribution in [3.8, 4) is 0 Å². The molecule has 21 heavy (non-hydrogen) atoms. The van der Waals surface area contributed by atoms with E-state index in [1.807, 2.05) is 26.0 Å². The highest BCUT2D eigenvalue weighted by Crippen LogP contribution is 2.26. The Hall–Kier alpha value is -0.940. The molecule has 0 aliphatic carbocycles. The predicted octanol–water partition coefficient (Wildman–Crippen LogP) is 3.61. The zero-order chi connectivity index (χ0) is 15.7. The van der Waals surface area contributed by atoms with Crippen LogP contribution in [0.5, 0.6) is 0 Å². The number of rotatable bonds is 10. The van der Waals surface area contributed by atoms with Crippen molar-refractivity contribution in [2.45, 2.75) is 57.1 Å². The molecule has 1 N–H and O–H groups in total. The average molecular weight is 313 g/mol. The number of thioether (sulfide) groups is 1. The summed E-state index contributed by atoms with van der Waals surface area (Å²) >= 11 is 1.79. The van der Waals surface area contributed by atoms with E-state index in [1.165, 1.54) is 0 Å². The van der Waals surface area contributed by atoms with Gasteiger partial charge in [0.25, 0.3) is 0 Å². The molecule has 0 saturated carbocycles. The number of carbonyl (C=O) groups is 1. The lowest BCUT2D eigenvalue weighted by atomic mass is 9.96. The van der Waals surface area contributed by atoms with E-state index in [0.717, 1.165) is 30.9 Å². The number of furan rings is 1. The van der Waals surface area contributed by atoms with Crippen LogP contribution in [0.25, 0.3) is 0 Å². The maximum absolute atomic E-state index is 12.2. The molecule has 0 bridgehead atoms. The normalized spacial score (nSPS) is 15.4. The molecule has 0 aromatic carbocycles. The summed E-state index contributed by atoms with van der Waals surface area (Å²) in [6, 6.07) is 3.87. The van der Waals surface area contributed by atoms with E-state index in [9.17, 15) is 4.79 Å². The van der Waals surface area contributed by atoms with E-state index < -0.39 is 5.54 Å². The second-order valence-corrected chi connectivity index (χ2v) is 6.81. The van der Waals surface area contributed by atoms with Crippen molar-refractivity contribution in [2.24, 2.45) is 0 Å². The van der Waals surface area contributed by atoms with Crippen LogP contribution in [0.2, 0.25) is 0 Å². The summed E-state index contributed by atoms with van der Waals surface area (Å²) in [6.45, 7) is 9.23. The van der Waals surface area contributed by atoms with Gasteiger partial charge in [-0.05, 0) is 45.4 Å². The fourth-order valence-electron chi connectivity index (χ4n) is 2.17. The maximum atomic E-state index is 12.2. The summed E-state index contributed by atoms with van der Waals surface area (Å²) < 4.78 is 10.6. The van der Waals surface area contributed by atoms with Gasteiger partial charge < -0.3 is 14.5 Å². The van der Waals surface area contributed by atoms with Crippen LogP contribution >= 0.6 is 11.8 Å². The monoisotopic (exact) mass is 313 g/mol. The molecule has 0 aliphatic heterocycles. The molecule has 0 radical (unpaired) electrons. The predicted molar refractivity (Wildman–Crippen MR) is 87.4 cm³/mol. The van der Waals surface area contributed by atoms with Crippen LogP contribution in [-0.2, 0) is 15.3 Å². The van der Waals surface area contributed by atoms with Crippen molar-refractivity contribution in [1.29, 1.82) is 0 Å². The Morgan fingerprint density at radius 3 is 2.86 bits per heavy atom. The molecule has 1 aromatic rings. The molecular formula is C16H27NO3S. The lowest BCUT2D eigenvalue weighted by Gasteiger charge is -2.31. The third-order valence-electron chi connectivity index (χ3n) is 3.28. The van der Waals surface area contributed by atoms with Gasteiger partial charge >= 0.3 is 5.97 Å². The minimum atomic E-state index is -0.623. The minimum Gasteiger partial charge on any atom is -0.468 e. The van der Waals surface area contributed by atoms with Gasteiger partial charge in [-0.3, -0.25) is 4.79 Å². The van der Waals surface area contributed by atoms with Crippen LogP contribution in [0, 0.1) is 0 Å². The van der Waals surface area contributed by atoms with E-state index in [2.05, 4.69) is 19.2 Å². The first-order chi connectivity index (χ1) is 10.0. The van der Waals surface area contributed by atoms with Gasteiger partial charge in [0.1, 0.15) is 11.3 Å². The second kappa shape index (κ2) is 9.15. The minimum absolute atomic E-state index is 0.163. The molecule has 5 heteroatoms. The summed E-state index contributed by atoms with van der Waals surface area (Å²) in [5.41, 5.74) is -0.623. The van der Waals surface area contributed by atoms with Crippen molar-refractivity contribution < 1.29 is 13.9 Å². The summed E-state index contributed by atoms with van der Waals surface area (Å²) in [5.74, 6) is 1.62. The Balaban J connectivity index is 2.55. The first-order valence-electron chi connectivity index (χ1n) is 7.58. The topological polar surface area (TPSA) is 51.5 Å². The molecule has 1 rings (SSSR count). The molecule has 120 valence electrons. The first-order valence-corrected chi connectivity index (χ1v) is 8.63. The van der Waals surface area contributed by atoms with Crippen molar-refractivity contribution >= 4 is 17.7 Å². The molecule has 0 amide bonds. The zero-order valence-corrected chi connectivity index (χ0v) is 14.3. The first kappa shape index (κ1) is 18.1. The number of ether oxygens (including phenoxy) is 1. The van der Waals surface area contributed by atoms with E-state index in [4.69, 9.17) is 9.15 Å². The van der Waals surface area contributed by atoms with Gasteiger partial charge in [0.05, 0.1) is 18.6 Å². The molecule has 1 heterocycles. The van der Waals surface area contributed by atoms with Gasteiger partial charge in [0.2, 0.25) is 0 Å². The van der Waals surface area contributed by atoms with Crippen LogP contribution in [0.3, 0.4) is 0 Å². The van der Waals surface area contributed by atoms with E-state index in [0.29, 0.717) is 11.9 Å². The molecule has 2 unspecified atom stereocenters. The maximum Gasteiger partial charge on any atom is 0.326 e. The van der Waals surface area contributed by atoms with Gasteiger partial charge in [-0.15, -0.1) is 0 Å². The van der Waals surface area contributed by atoms with Gasteiger partial charge in [0, 0.05) is 5.25 Å². The van der Waals surface area contributed by atoms with E-state index in [1.54, 1.807) is 18.0 Å². The molecule has 0 fully saturated rings. The van der Waals surface area contributed by atoms with Crippen molar-refractivity contribution in [3.05, 3.63) is 24.2 Å². The van der Waals surface area contributed by atoms with Crippen LogP contribution in [0.15, 0.2) is 22.8 Å². The van der Waals surface area contributed by atoms with Crippen LogP contribution in [0.4, 0.5) is 0 Å². The third kappa shape index (κ3) is 6.14. The fourth-order valence-corrected chi connectivity index (χ4v) is 3.24.